The van der Waals surface area contributed by atoms with Gasteiger partial charge < -0.3 is 4.90 Å². The Labute approximate surface area is 89.5 Å². The number of hydrogen-bond donors (Lipinski definition) is 0. The van der Waals surface area contributed by atoms with E-state index >= 15 is 0 Å². The molecule has 1 aliphatic rings. The van der Waals surface area contributed by atoms with E-state index in [1.807, 2.05) is 17.8 Å². The van der Waals surface area contributed by atoms with Gasteiger partial charge in [-0.05, 0) is 30.3 Å². The van der Waals surface area contributed by atoms with Gasteiger partial charge in [0.05, 0.1) is 6.07 Å². The summed E-state index contributed by atoms with van der Waals surface area (Å²) in [6, 6.07) is 1.99. The normalized spacial score (nSPS) is 17.4. The van der Waals surface area contributed by atoms with E-state index in [-0.39, 0.29) is 12.5 Å². The largest absolute Gasteiger partial charge is 0.332 e. The summed E-state index contributed by atoms with van der Waals surface area (Å²) in [6.07, 6.45) is 2.92. The SMILES string of the molecule is CN(CC#N)C(=O)CC1CCSCC1. The first-order valence-electron chi connectivity index (χ1n) is 4.92. The molecule has 0 bridgehead atoms. The summed E-state index contributed by atoms with van der Waals surface area (Å²) in [4.78, 5) is 13.1. The number of thioether (sulfide) groups is 1. The van der Waals surface area contributed by atoms with Crippen molar-refractivity contribution in [1.29, 1.82) is 5.26 Å². The fourth-order valence-electron chi connectivity index (χ4n) is 1.55. The maximum atomic E-state index is 11.6. The third kappa shape index (κ3) is 3.59. The molecule has 1 fully saturated rings. The van der Waals surface area contributed by atoms with Gasteiger partial charge in [-0.3, -0.25) is 4.79 Å². The minimum Gasteiger partial charge on any atom is -0.332 e. The number of nitrogens with zero attached hydrogens (tertiary/aromatic N) is 2. The van der Waals surface area contributed by atoms with Gasteiger partial charge in [-0.1, -0.05) is 0 Å². The molecular formula is C10H16N2OS. The van der Waals surface area contributed by atoms with E-state index in [9.17, 15) is 4.79 Å². The monoisotopic (exact) mass is 212 g/mol. The zero-order valence-corrected chi connectivity index (χ0v) is 9.35. The molecule has 0 unspecified atom stereocenters. The maximum Gasteiger partial charge on any atom is 0.223 e. The second-order valence-corrected chi connectivity index (χ2v) is 4.89. The summed E-state index contributed by atoms with van der Waals surface area (Å²) in [5, 5.41) is 8.44. The van der Waals surface area contributed by atoms with Crippen LogP contribution >= 0.6 is 11.8 Å². The van der Waals surface area contributed by atoms with Crippen LogP contribution < -0.4 is 0 Å². The smallest absolute Gasteiger partial charge is 0.223 e. The van der Waals surface area contributed by atoms with Crippen molar-refractivity contribution in [3.8, 4) is 6.07 Å². The lowest BCUT2D eigenvalue weighted by atomic mass is 9.98. The Morgan fingerprint density at radius 2 is 2.21 bits per heavy atom. The van der Waals surface area contributed by atoms with Crippen LogP contribution in [-0.2, 0) is 4.79 Å². The summed E-state index contributed by atoms with van der Waals surface area (Å²) in [5.41, 5.74) is 0. The molecule has 1 heterocycles. The lowest BCUT2D eigenvalue weighted by molar-refractivity contribution is -0.130. The molecule has 0 aromatic rings. The van der Waals surface area contributed by atoms with Crippen molar-refractivity contribution in [3.63, 3.8) is 0 Å². The highest BCUT2D eigenvalue weighted by Gasteiger charge is 2.19. The van der Waals surface area contributed by atoms with Crippen LogP contribution in [0.15, 0.2) is 0 Å². The highest BCUT2D eigenvalue weighted by molar-refractivity contribution is 7.99. The predicted molar refractivity (Wildman–Crippen MR) is 57.9 cm³/mol. The molecule has 14 heavy (non-hydrogen) atoms. The molecule has 0 spiro atoms. The average molecular weight is 212 g/mol. The van der Waals surface area contributed by atoms with Gasteiger partial charge in [0.1, 0.15) is 6.54 Å². The lowest BCUT2D eigenvalue weighted by Crippen LogP contribution is -2.29. The van der Waals surface area contributed by atoms with Crippen LogP contribution in [0.3, 0.4) is 0 Å². The predicted octanol–water partition coefficient (Wildman–Crippen LogP) is 1.50. The fourth-order valence-corrected chi connectivity index (χ4v) is 2.75. The van der Waals surface area contributed by atoms with E-state index in [0.29, 0.717) is 12.3 Å². The first kappa shape index (κ1) is 11.4. The molecule has 3 nitrogen and oxygen atoms in total. The van der Waals surface area contributed by atoms with Gasteiger partial charge in [0.25, 0.3) is 0 Å². The highest BCUT2D eigenvalue weighted by atomic mass is 32.2. The van der Waals surface area contributed by atoms with Crippen LogP contribution in [0.25, 0.3) is 0 Å². The van der Waals surface area contributed by atoms with Gasteiger partial charge in [-0.15, -0.1) is 0 Å². The van der Waals surface area contributed by atoms with E-state index in [4.69, 9.17) is 5.26 Å². The number of carbonyl (C=O) groups excluding carboxylic acids is 1. The third-order valence-electron chi connectivity index (χ3n) is 2.54. The van der Waals surface area contributed by atoms with Crippen LogP contribution in [0.2, 0.25) is 0 Å². The Kier molecular flexibility index (Phi) is 4.81. The second kappa shape index (κ2) is 5.92. The first-order valence-corrected chi connectivity index (χ1v) is 6.08. The fraction of sp³-hybridized carbons (Fsp3) is 0.800. The Morgan fingerprint density at radius 3 is 2.79 bits per heavy atom. The minimum atomic E-state index is 0.114. The highest BCUT2D eigenvalue weighted by Crippen LogP contribution is 2.25. The molecule has 0 saturated carbocycles. The third-order valence-corrected chi connectivity index (χ3v) is 3.59. The van der Waals surface area contributed by atoms with Crippen molar-refractivity contribution < 1.29 is 4.79 Å². The quantitative estimate of drug-likeness (QED) is 0.666. The molecule has 1 rings (SSSR count). The molecule has 0 aromatic heterocycles. The number of hydrogen-bond acceptors (Lipinski definition) is 3. The number of rotatable bonds is 3. The van der Waals surface area contributed by atoms with Crippen molar-refractivity contribution in [2.24, 2.45) is 5.92 Å². The summed E-state index contributed by atoms with van der Waals surface area (Å²) < 4.78 is 0. The van der Waals surface area contributed by atoms with Gasteiger partial charge in [0.15, 0.2) is 0 Å². The Bertz CT molecular complexity index is 231. The molecule has 1 amide bonds. The van der Waals surface area contributed by atoms with E-state index in [0.717, 1.165) is 12.8 Å². The number of carbonyl (C=O) groups is 1. The van der Waals surface area contributed by atoms with Crippen LogP contribution in [0.5, 0.6) is 0 Å². The van der Waals surface area contributed by atoms with Gasteiger partial charge in [0.2, 0.25) is 5.91 Å². The van der Waals surface area contributed by atoms with Crippen molar-refractivity contribution in [2.45, 2.75) is 19.3 Å². The van der Waals surface area contributed by atoms with E-state index in [1.54, 1.807) is 7.05 Å². The maximum absolute atomic E-state index is 11.6. The summed E-state index contributed by atoms with van der Waals surface area (Å²) in [7, 11) is 1.70. The van der Waals surface area contributed by atoms with E-state index in [1.165, 1.54) is 16.4 Å². The van der Waals surface area contributed by atoms with Crippen molar-refractivity contribution >= 4 is 17.7 Å². The van der Waals surface area contributed by atoms with Gasteiger partial charge >= 0.3 is 0 Å². The summed E-state index contributed by atoms with van der Waals surface area (Å²) in [5.74, 6) is 3.02. The van der Waals surface area contributed by atoms with Gasteiger partial charge in [0, 0.05) is 13.5 Å². The van der Waals surface area contributed by atoms with Gasteiger partial charge in [-0.2, -0.15) is 17.0 Å². The van der Waals surface area contributed by atoms with E-state index < -0.39 is 0 Å². The minimum absolute atomic E-state index is 0.114. The molecular weight excluding hydrogens is 196 g/mol. The molecule has 0 N–H and O–H groups in total. The summed E-state index contributed by atoms with van der Waals surface area (Å²) in [6.45, 7) is 0.209. The average Bonchev–Trinajstić information content (AvgIpc) is 2.19. The van der Waals surface area contributed by atoms with Crippen molar-refractivity contribution in [3.05, 3.63) is 0 Å². The topological polar surface area (TPSA) is 44.1 Å². The molecule has 0 atom stereocenters. The number of nitriles is 1. The molecule has 78 valence electrons. The standard InChI is InChI=1S/C10H16N2OS/c1-12(5-4-11)10(13)8-9-2-6-14-7-3-9/h9H,2-3,5-8H2,1H3. The first-order chi connectivity index (χ1) is 6.74. The van der Waals surface area contributed by atoms with Crippen LogP contribution in [0.4, 0.5) is 0 Å². The molecule has 0 radical (unpaired) electrons. The zero-order valence-electron chi connectivity index (χ0n) is 8.53. The molecule has 4 heteroatoms. The van der Waals surface area contributed by atoms with Crippen LogP contribution in [0, 0.1) is 17.2 Å². The summed E-state index contributed by atoms with van der Waals surface area (Å²) >= 11 is 1.97. The zero-order chi connectivity index (χ0) is 10.4. The van der Waals surface area contributed by atoms with E-state index in [2.05, 4.69) is 0 Å². The molecule has 0 aliphatic carbocycles. The van der Waals surface area contributed by atoms with Crippen molar-refractivity contribution in [1.82, 2.24) is 4.90 Å². The Morgan fingerprint density at radius 1 is 1.57 bits per heavy atom. The van der Waals surface area contributed by atoms with Crippen LogP contribution in [0.1, 0.15) is 19.3 Å². The Balaban J connectivity index is 2.28. The Hall–Kier alpha value is -0.690. The molecule has 1 aliphatic heterocycles. The van der Waals surface area contributed by atoms with Crippen molar-refractivity contribution in [2.75, 3.05) is 25.1 Å². The number of amides is 1. The van der Waals surface area contributed by atoms with Crippen LogP contribution in [-0.4, -0.2) is 35.9 Å². The molecule has 0 aromatic carbocycles. The van der Waals surface area contributed by atoms with Gasteiger partial charge in [-0.25, -0.2) is 0 Å². The lowest BCUT2D eigenvalue weighted by Gasteiger charge is -2.22. The molecule has 1 saturated heterocycles. The second-order valence-electron chi connectivity index (χ2n) is 3.67.